The quantitative estimate of drug-likeness (QED) is 0.351. The SMILES string of the molecule is CCCCCCOc1ccc(C(=O)Nc2ccc(Oc3ccccc3OC)cc2)cc1. The molecule has 3 aromatic rings. The third kappa shape index (κ3) is 6.78. The van der Waals surface area contributed by atoms with Crippen LogP contribution in [0.3, 0.4) is 0 Å². The van der Waals surface area contributed by atoms with Crippen molar-refractivity contribution in [3.8, 4) is 23.0 Å². The molecule has 0 saturated heterocycles. The van der Waals surface area contributed by atoms with Gasteiger partial charge in [0.15, 0.2) is 11.5 Å². The molecule has 0 aliphatic carbocycles. The van der Waals surface area contributed by atoms with Gasteiger partial charge in [-0.05, 0) is 67.1 Å². The maximum atomic E-state index is 12.5. The van der Waals surface area contributed by atoms with Gasteiger partial charge in [-0.1, -0.05) is 38.3 Å². The minimum atomic E-state index is -0.173. The van der Waals surface area contributed by atoms with E-state index < -0.39 is 0 Å². The minimum absolute atomic E-state index is 0.173. The second kappa shape index (κ2) is 11.6. The van der Waals surface area contributed by atoms with Gasteiger partial charge in [0, 0.05) is 11.3 Å². The van der Waals surface area contributed by atoms with Crippen LogP contribution >= 0.6 is 0 Å². The Kier molecular flexibility index (Phi) is 8.35. The number of carbonyl (C=O) groups excluding carboxylic acids is 1. The molecule has 0 spiro atoms. The summed E-state index contributed by atoms with van der Waals surface area (Å²) in [4.78, 5) is 12.5. The third-order valence-corrected chi connectivity index (χ3v) is 4.79. The van der Waals surface area contributed by atoms with E-state index in [1.807, 2.05) is 36.4 Å². The first kappa shape index (κ1) is 22.2. The van der Waals surface area contributed by atoms with Gasteiger partial charge in [-0.15, -0.1) is 0 Å². The van der Waals surface area contributed by atoms with Crippen LogP contribution in [0.25, 0.3) is 0 Å². The van der Waals surface area contributed by atoms with E-state index in [1.165, 1.54) is 19.3 Å². The van der Waals surface area contributed by atoms with Crippen molar-refractivity contribution in [3.63, 3.8) is 0 Å². The van der Waals surface area contributed by atoms with Crippen LogP contribution in [-0.4, -0.2) is 19.6 Å². The average Bonchev–Trinajstić information content (AvgIpc) is 2.81. The molecule has 0 aromatic heterocycles. The second-order valence-electron chi connectivity index (χ2n) is 7.16. The average molecular weight is 420 g/mol. The van der Waals surface area contributed by atoms with Gasteiger partial charge in [0.2, 0.25) is 0 Å². The number of amides is 1. The van der Waals surface area contributed by atoms with Crippen molar-refractivity contribution in [2.45, 2.75) is 32.6 Å². The molecule has 5 heteroatoms. The number of methoxy groups -OCH3 is 1. The molecule has 1 N–H and O–H groups in total. The topological polar surface area (TPSA) is 56.8 Å². The maximum Gasteiger partial charge on any atom is 0.255 e. The summed E-state index contributed by atoms with van der Waals surface area (Å²) in [5.41, 5.74) is 1.27. The van der Waals surface area contributed by atoms with Crippen LogP contribution < -0.4 is 19.5 Å². The molecule has 0 unspecified atom stereocenters. The summed E-state index contributed by atoms with van der Waals surface area (Å²) in [7, 11) is 1.60. The first-order chi connectivity index (χ1) is 15.2. The fourth-order valence-corrected chi connectivity index (χ4v) is 3.06. The Bertz CT molecular complexity index is 952. The van der Waals surface area contributed by atoms with Crippen molar-refractivity contribution in [1.29, 1.82) is 0 Å². The lowest BCUT2D eigenvalue weighted by Gasteiger charge is -2.11. The zero-order chi connectivity index (χ0) is 21.9. The van der Waals surface area contributed by atoms with Gasteiger partial charge >= 0.3 is 0 Å². The Morgan fingerprint density at radius 3 is 2.16 bits per heavy atom. The molecule has 0 heterocycles. The number of para-hydroxylation sites is 2. The molecule has 0 atom stereocenters. The molecule has 0 aliphatic rings. The Labute approximate surface area is 184 Å². The normalized spacial score (nSPS) is 10.4. The lowest BCUT2D eigenvalue weighted by molar-refractivity contribution is 0.102. The highest BCUT2D eigenvalue weighted by Gasteiger charge is 2.08. The van der Waals surface area contributed by atoms with Gasteiger partial charge in [0.25, 0.3) is 5.91 Å². The van der Waals surface area contributed by atoms with E-state index in [0.717, 1.165) is 12.2 Å². The van der Waals surface area contributed by atoms with Crippen LogP contribution in [0, 0.1) is 0 Å². The molecule has 3 aromatic carbocycles. The van der Waals surface area contributed by atoms with Crippen LogP contribution in [0.2, 0.25) is 0 Å². The summed E-state index contributed by atoms with van der Waals surface area (Å²) in [6.45, 7) is 2.89. The fourth-order valence-electron chi connectivity index (χ4n) is 3.06. The number of nitrogens with one attached hydrogen (secondary N) is 1. The summed E-state index contributed by atoms with van der Waals surface area (Å²) in [6.07, 6.45) is 4.67. The molecule has 3 rings (SSSR count). The molecule has 31 heavy (non-hydrogen) atoms. The van der Waals surface area contributed by atoms with E-state index in [1.54, 1.807) is 43.5 Å². The number of rotatable bonds is 11. The van der Waals surface area contributed by atoms with Gasteiger partial charge in [0.05, 0.1) is 13.7 Å². The van der Waals surface area contributed by atoms with Crippen molar-refractivity contribution >= 4 is 11.6 Å². The number of benzene rings is 3. The first-order valence-corrected chi connectivity index (χ1v) is 10.6. The molecular formula is C26H29NO4. The highest BCUT2D eigenvalue weighted by atomic mass is 16.5. The minimum Gasteiger partial charge on any atom is -0.494 e. The zero-order valence-corrected chi connectivity index (χ0v) is 18.1. The van der Waals surface area contributed by atoms with Gasteiger partial charge in [-0.3, -0.25) is 4.79 Å². The molecular weight excluding hydrogens is 390 g/mol. The number of carbonyl (C=O) groups is 1. The number of hydrogen-bond acceptors (Lipinski definition) is 4. The molecule has 0 bridgehead atoms. The van der Waals surface area contributed by atoms with Gasteiger partial charge in [-0.2, -0.15) is 0 Å². The van der Waals surface area contributed by atoms with E-state index in [-0.39, 0.29) is 5.91 Å². The Morgan fingerprint density at radius 1 is 0.806 bits per heavy atom. The lowest BCUT2D eigenvalue weighted by Crippen LogP contribution is -2.11. The summed E-state index contributed by atoms with van der Waals surface area (Å²) in [6, 6.07) is 21.9. The van der Waals surface area contributed by atoms with Gasteiger partial charge < -0.3 is 19.5 Å². The van der Waals surface area contributed by atoms with Crippen molar-refractivity contribution in [3.05, 3.63) is 78.4 Å². The summed E-state index contributed by atoms with van der Waals surface area (Å²) in [5, 5.41) is 2.90. The Balaban J connectivity index is 1.52. The lowest BCUT2D eigenvalue weighted by atomic mass is 10.2. The highest BCUT2D eigenvalue weighted by Crippen LogP contribution is 2.31. The van der Waals surface area contributed by atoms with Crippen LogP contribution in [0.1, 0.15) is 43.0 Å². The molecule has 0 saturated carbocycles. The van der Waals surface area contributed by atoms with E-state index in [0.29, 0.717) is 35.1 Å². The van der Waals surface area contributed by atoms with Crippen LogP contribution in [0.4, 0.5) is 5.69 Å². The number of anilines is 1. The smallest absolute Gasteiger partial charge is 0.255 e. The fraction of sp³-hybridized carbons (Fsp3) is 0.269. The van der Waals surface area contributed by atoms with Gasteiger partial charge in [-0.25, -0.2) is 0 Å². The van der Waals surface area contributed by atoms with E-state index in [9.17, 15) is 4.79 Å². The first-order valence-electron chi connectivity index (χ1n) is 10.6. The van der Waals surface area contributed by atoms with Crippen molar-refractivity contribution in [2.24, 2.45) is 0 Å². The highest BCUT2D eigenvalue weighted by molar-refractivity contribution is 6.04. The largest absolute Gasteiger partial charge is 0.494 e. The summed E-state index contributed by atoms with van der Waals surface area (Å²) in [5.74, 6) is 2.56. The molecule has 1 amide bonds. The number of unbranched alkanes of at least 4 members (excludes halogenated alkanes) is 3. The zero-order valence-electron chi connectivity index (χ0n) is 18.1. The van der Waals surface area contributed by atoms with Crippen molar-refractivity contribution in [2.75, 3.05) is 19.0 Å². The monoisotopic (exact) mass is 419 g/mol. The predicted octanol–water partition coefficient (Wildman–Crippen LogP) is 6.70. The van der Waals surface area contributed by atoms with E-state index in [4.69, 9.17) is 14.2 Å². The van der Waals surface area contributed by atoms with Crippen molar-refractivity contribution in [1.82, 2.24) is 0 Å². The third-order valence-electron chi connectivity index (χ3n) is 4.79. The van der Waals surface area contributed by atoms with E-state index >= 15 is 0 Å². The van der Waals surface area contributed by atoms with Crippen LogP contribution in [0.5, 0.6) is 23.0 Å². The second-order valence-corrected chi connectivity index (χ2v) is 7.16. The van der Waals surface area contributed by atoms with E-state index in [2.05, 4.69) is 12.2 Å². The number of ether oxygens (including phenoxy) is 3. The van der Waals surface area contributed by atoms with Crippen molar-refractivity contribution < 1.29 is 19.0 Å². The summed E-state index contributed by atoms with van der Waals surface area (Å²) < 4.78 is 16.9. The Hall–Kier alpha value is -3.47. The molecule has 0 fully saturated rings. The molecule has 162 valence electrons. The molecule has 0 radical (unpaired) electrons. The Morgan fingerprint density at radius 2 is 1.48 bits per heavy atom. The molecule has 0 aliphatic heterocycles. The number of hydrogen-bond donors (Lipinski definition) is 1. The maximum absolute atomic E-state index is 12.5. The van der Waals surface area contributed by atoms with Crippen LogP contribution in [0.15, 0.2) is 72.8 Å². The van der Waals surface area contributed by atoms with Crippen LogP contribution in [-0.2, 0) is 0 Å². The molecule has 5 nitrogen and oxygen atoms in total. The predicted molar refractivity (Wildman–Crippen MR) is 124 cm³/mol. The van der Waals surface area contributed by atoms with Gasteiger partial charge in [0.1, 0.15) is 11.5 Å². The summed E-state index contributed by atoms with van der Waals surface area (Å²) >= 11 is 0. The standard InChI is InChI=1S/C26H29NO4/c1-3-4-5-8-19-30-22-15-11-20(12-16-22)26(28)27-21-13-17-23(18-14-21)31-25-10-7-6-9-24(25)29-2/h6-7,9-18H,3-5,8,19H2,1-2H3,(H,27,28).